The Bertz CT molecular complexity index is 1500. The van der Waals surface area contributed by atoms with E-state index in [1.54, 1.807) is 31.3 Å². The Hall–Kier alpha value is -3.99. The first-order valence-corrected chi connectivity index (χ1v) is 14.9. The average molecular weight is 667 g/mol. The Morgan fingerprint density at radius 2 is 1.98 bits per heavy atom. The van der Waals surface area contributed by atoms with Gasteiger partial charge in [0.25, 0.3) is 0 Å². The van der Waals surface area contributed by atoms with Crippen LogP contribution in [0.1, 0.15) is 30.9 Å². The summed E-state index contributed by atoms with van der Waals surface area (Å²) in [5.41, 5.74) is -0.192. The van der Waals surface area contributed by atoms with E-state index in [2.05, 4.69) is 26.9 Å². The largest absolute Gasteiger partial charge is 0.488 e. The zero-order chi connectivity index (χ0) is 32.7. The van der Waals surface area contributed by atoms with Crippen molar-refractivity contribution in [2.45, 2.75) is 38.1 Å². The lowest BCUT2D eigenvalue weighted by Crippen LogP contribution is -2.48. The summed E-state index contributed by atoms with van der Waals surface area (Å²) in [6.07, 6.45) is -0.937. The first-order valence-electron chi connectivity index (χ1n) is 14.1. The second-order valence-electron chi connectivity index (χ2n) is 10.3. The van der Waals surface area contributed by atoms with Crippen LogP contribution in [0.4, 0.5) is 23.7 Å². The van der Waals surface area contributed by atoms with Gasteiger partial charge >= 0.3 is 12.3 Å². The van der Waals surface area contributed by atoms with E-state index < -0.39 is 23.9 Å². The first kappa shape index (κ1) is 33.9. The highest BCUT2D eigenvalue weighted by molar-refractivity contribution is 6.42. The van der Waals surface area contributed by atoms with Gasteiger partial charge in [-0.2, -0.15) is 23.5 Å². The molecule has 1 fully saturated rings. The number of hydrogen-bond donors (Lipinski definition) is 1. The maximum atomic E-state index is 13.8. The number of halogens is 5. The highest BCUT2D eigenvalue weighted by Crippen LogP contribution is 2.38. The third kappa shape index (κ3) is 8.39. The molecule has 0 bridgehead atoms. The van der Waals surface area contributed by atoms with Gasteiger partial charge in [0.2, 0.25) is 5.96 Å². The van der Waals surface area contributed by atoms with Gasteiger partial charge in [0.15, 0.2) is 6.19 Å². The summed E-state index contributed by atoms with van der Waals surface area (Å²) < 4.78 is 52.7. The van der Waals surface area contributed by atoms with E-state index in [0.717, 1.165) is 25.2 Å². The van der Waals surface area contributed by atoms with E-state index in [1.165, 1.54) is 22.1 Å². The van der Waals surface area contributed by atoms with Gasteiger partial charge in [0, 0.05) is 25.2 Å². The molecule has 45 heavy (non-hydrogen) atoms. The average Bonchev–Trinajstić information content (AvgIpc) is 3.44. The van der Waals surface area contributed by atoms with Crippen LogP contribution in [-0.4, -0.2) is 84.6 Å². The lowest BCUT2D eigenvalue weighted by Gasteiger charge is -2.30. The van der Waals surface area contributed by atoms with Crippen LogP contribution in [0.3, 0.4) is 0 Å². The van der Waals surface area contributed by atoms with E-state index in [-0.39, 0.29) is 48.2 Å². The summed E-state index contributed by atoms with van der Waals surface area (Å²) in [5.74, 6) is -0.0527. The second kappa shape index (κ2) is 14.9. The van der Waals surface area contributed by atoms with Crippen LogP contribution in [-0.2, 0) is 10.9 Å². The fourth-order valence-electron chi connectivity index (χ4n) is 4.94. The number of likely N-dealkylation sites (N-methyl/N-ethyl adjacent to an activating group) is 1. The Balaban J connectivity index is 1.78. The number of hydrogen-bond acceptors (Lipinski definition) is 7. The standard InChI is InChI=1S/C30H32Cl2F3N7O3/c1-4-14-44-29(43)41(5-2)25-17-42(39-27(25)19-6-8-22(31)23(32)15-19)28(37-18-36)38-24-16-20(30(33,34)35)7-9-26(24)45-21-10-12-40(3)13-11-21/h4,6-9,15-16,21,25H,1,5,10-14,17H2,2-3H3,(H,37,38). The molecule has 4 rings (SSSR count). The van der Waals surface area contributed by atoms with E-state index in [9.17, 15) is 23.2 Å². The van der Waals surface area contributed by atoms with E-state index in [1.807, 2.05) is 7.05 Å². The van der Waals surface area contributed by atoms with Crippen molar-refractivity contribution in [3.05, 3.63) is 70.2 Å². The molecule has 2 aromatic carbocycles. The van der Waals surface area contributed by atoms with Crippen LogP contribution in [0.15, 0.2) is 59.1 Å². The Labute approximate surface area is 269 Å². The van der Waals surface area contributed by atoms with Gasteiger partial charge < -0.3 is 14.4 Å². The van der Waals surface area contributed by atoms with E-state index >= 15 is 0 Å². The van der Waals surface area contributed by atoms with Gasteiger partial charge in [-0.15, -0.1) is 0 Å². The maximum absolute atomic E-state index is 13.8. The molecule has 2 aliphatic rings. The molecule has 10 nitrogen and oxygen atoms in total. The first-order chi connectivity index (χ1) is 21.4. The van der Waals surface area contributed by atoms with Crippen molar-refractivity contribution in [3.63, 3.8) is 0 Å². The minimum Gasteiger partial charge on any atom is -0.488 e. The molecule has 0 aromatic heterocycles. The third-order valence-corrected chi connectivity index (χ3v) is 8.00. The molecule has 0 aliphatic carbocycles. The number of piperidine rings is 1. The van der Waals surface area contributed by atoms with Crippen LogP contribution in [0.2, 0.25) is 10.0 Å². The number of ether oxygens (including phenoxy) is 2. The molecule has 15 heteroatoms. The van der Waals surface area contributed by atoms with E-state index in [0.29, 0.717) is 29.1 Å². The molecule has 1 amide bonds. The number of nitriles is 1. The number of amides is 1. The smallest absolute Gasteiger partial charge is 0.416 e. The topological polar surface area (TPSA) is 106 Å². The fraction of sp³-hybridized carbons (Fsp3) is 0.400. The molecule has 1 unspecified atom stereocenters. The number of alkyl halides is 3. The van der Waals surface area contributed by atoms with Crippen molar-refractivity contribution in [2.24, 2.45) is 10.1 Å². The summed E-state index contributed by atoms with van der Waals surface area (Å²) in [5, 5.41) is 18.5. The minimum absolute atomic E-state index is 0.0236. The number of hydrazone groups is 1. The number of nitrogens with zero attached hydrogens (tertiary/aromatic N) is 6. The molecule has 1 atom stereocenters. The van der Waals surface area contributed by atoms with Gasteiger partial charge in [-0.25, -0.2) is 14.8 Å². The predicted molar refractivity (Wildman–Crippen MR) is 166 cm³/mol. The van der Waals surface area contributed by atoms with Crippen molar-refractivity contribution < 1.29 is 27.4 Å². The SMILES string of the molecule is C=CCOC(=O)N(CC)C1CN(C(=Nc2cc(C(F)(F)F)ccc2OC2CCN(C)CC2)NC#N)N=C1c1ccc(Cl)c(Cl)c1. The molecular weight excluding hydrogens is 634 g/mol. The highest BCUT2D eigenvalue weighted by Gasteiger charge is 2.38. The molecule has 2 aromatic rings. The van der Waals surface area contributed by atoms with Crippen LogP contribution in [0.25, 0.3) is 0 Å². The van der Waals surface area contributed by atoms with Gasteiger partial charge in [-0.1, -0.05) is 41.9 Å². The maximum Gasteiger partial charge on any atom is 0.416 e. The number of nitrogens with one attached hydrogen (secondary N) is 1. The number of guanidine groups is 1. The zero-order valence-corrected chi connectivity index (χ0v) is 26.2. The summed E-state index contributed by atoms with van der Waals surface area (Å²) >= 11 is 12.4. The number of benzene rings is 2. The third-order valence-electron chi connectivity index (χ3n) is 7.27. The quantitative estimate of drug-likeness (QED) is 0.116. The second-order valence-corrected chi connectivity index (χ2v) is 11.2. The molecular formula is C30H32Cl2F3N7O3. The summed E-state index contributed by atoms with van der Waals surface area (Å²) in [6, 6.07) is 7.12. The lowest BCUT2D eigenvalue weighted by atomic mass is 10.0. The predicted octanol–water partition coefficient (Wildman–Crippen LogP) is 6.28. The fourth-order valence-corrected chi connectivity index (χ4v) is 5.24. The van der Waals surface area contributed by atoms with Gasteiger partial charge in [0.05, 0.1) is 33.9 Å². The zero-order valence-electron chi connectivity index (χ0n) is 24.7. The molecule has 2 aliphatic heterocycles. The molecule has 0 saturated carbocycles. The Morgan fingerprint density at radius 3 is 2.60 bits per heavy atom. The normalized spacial score (nSPS) is 17.8. The van der Waals surface area contributed by atoms with E-state index in [4.69, 9.17) is 32.7 Å². The Morgan fingerprint density at radius 1 is 1.24 bits per heavy atom. The molecule has 0 radical (unpaired) electrons. The van der Waals surface area contributed by atoms with Crippen molar-refractivity contribution in [1.29, 1.82) is 5.26 Å². The van der Waals surface area contributed by atoms with Crippen LogP contribution >= 0.6 is 23.2 Å². The highest BCUT2D eigenvalue weighted by atomic mass is 35.5. The number of likely N-dealkylation sites (tertiary alicyclic amines) is 1. The van der Waals surface area contributed by atoms with Crippen LogP contribution in [0, 0.1) is 11.5 Å². The lowest BCUT2D eigenvalue weighted by molar-refractivity contribution is -0.137. The minimum atomic E-state index is -4.65. The van der Waals surface area contributed by atoms with Crippen molar-refractivity contribution in [3.8, 4) is 11.9 Å². The molecule has 1 saturated heterocycles. The molecule has 0 spiro atoms. The number of rotatable bonds is 8. The van der Waals surface area contributed by atoms with Crippen LogP contribution < -0.4 is 10.1 Å². The van der Waals surface area contributed by atoms with Gasteiger partial charge in [-0.05, 0) is 57.1 Å². The summed E-state index contributed by atoms with van der Waals surface area (Å²) in [4.78, 5) is 21.0. The van der Waals surface area contributed by atoms with Crippen molar-refractivity contribution in [1.82, 2.24) is 20.1 Å². The summed E-state index contributed by atoms with van der Waals surface area (Å²) in [7, 11) is 1.98. The van der Waals surface area contributed by atoms with Gasteiger partial charge in [-0.3, -0.25) is 10.2 Å². The number of carbonyl (C=O) groups excluding carboxylic acids is 1. The van der Waals surface area contributed by atoms with Crippen molar-refractivity contribution >= 4 is 46.7 Å². The molecule has 2 heterocycles. The number of carbonyl (C=O) groups is 1. The van der Waals surface area contributed by atoms with Crippen molar-refractivity contribution in [2.75, 3.05) is 39.8 Å². The number of aliphatic imine (C=N–C) groups is 1. The molecule has 1 N–H and O–H groups in total. The Kier molecular flexibility index (Phi) is 11.2. The monoisotopic (exact) mass is 665 g/mol. The van der Waals surface area contributed by atoms with Crippen LogP contribution in [0.5, 0.6) is 5.75 Å². The summed E-state index contributed by atoms with van der Waals surface area (Å²) in [6.45, 7) is 7.04. The molecule has 240 valence electrons. The van der Waals surface area contributed by atoms with Gasteiger partial charge in [0.1, 0.15) is 24.1 Å².